The Labute approximate surface area is 200 Å². The van der Waals surface area contributed by atoms with Crippen LogP contribution in [0, 0.1) is 20.8 Å². The van der Waals surface area contributed by atoms with Gasteiger partial charge in [-0.1, -0.05) is 41.1 Å². The molecule has 1 atom stereocenters. The van der Waals surface area contributed by atoms with E-state index >= 15 is 0 Å². The lowest BCUT2D eigenvalue weighted by atomic mass is 10.0. The third-order valence-electron chi connectivity index (χ3n) is 4.83. The number of hydrogen-bond donors (Lipinski definition) is 3. The Morgan fingerprint density at radius 1 is 1.06 bits per heavy atom. The van der Waals surface area contributed by atoms with E-state index in [1.807, 2.05) is 32.9 Å². The molecule has 2 amide bonds. The number of aromatic amines is 1. The smallest absolute Gasteiger partial charge is 0.278 e. The van der Waals surface area contributed by atoms with E-state index in [0.29, 0.717) is 22.0 Å². The zero-order valence-corrected chi connectivity index (χ0v) is 20.4. The van der Waals surface area contributed by atoms with Gasteiger partial charge in [0.25, 0.3) is 5.56 Å². The predicted molar refractivity (Wildman–Crippen MR) is 132 cm³/mol. The first-order valence-electron chi connectivity index (χ1n) is 10.1. The van der Waals surface area contributed by atoms with Gasteiger partial charge in [0.2, 0.25) is 11.8 Å². The summed E-state index contributed by atoms with van der Waals surface area (Å²) in [6, 6.07) is 8.93. The summed E-state index contributed by atoms with van der Waals surface area (Å²) in [7, 11) is 0. The minimum atomic E-state index is -0.560. The van der Waals surface area contributed by atoms with E-state index in [0.717, 1.165) is 28.5 Å². The maximum Gasteiger partial charge on any atom is 0.278 e. The summed E-state index contributed by atoms with van der Waals surface area (Å²) in [4.78, 5) is 39.8. The number of amides is 2. The van der Waals surface area contributed by atoms with E-state index in [1.165, 1.54) is 6.92 Å². The molecule has 8 nitrogen and oxygen atoms in total. The van der Waals surface area contributed by atoms with Crippen LogP contribution in [0.1, 0.15) is 30.5 Å². The van der Waals surface area contributed by atoms with E-state index in [4.69, 9.17) is 11.6 Å². The van der Waals surface area contributed by atoms with Gasteiger partial charge in [-0.3, -0.25) is 19.4 Å². The largest absolute Gasteiger partial charge is 0.325 e. The third kappa shape index (κ3) is 6.00. The number of anilines is 2. The molecule has 3 rings (SSSR count). The van der Waals surface area contributed by atoms with Crippen molar-refractivity contribution in [2.24, 2.45) is 0 Å². The van der Waals surface area contributed by atoms with Crippen molar-refractivity contribution in [3.63, 3.8) is 0 Å². The van der Waals surface area contributed by atoms with E-state index in [-0.39, 0.29) is 22.7 Å². The monoisotopic (exact) mass is 485 g/mol. The van der Waals surface area contributed by atoms with Crippen molar-refractivity contribution in [1.82, 2.24) is 15.2 Å². The van der Waals surface area contributed by atoms with E-state index < -0.39 is 10.8 Å². The SMILES string of the molecule is CC(=O)Nc1c(C)cc(C)cc1-c1nnc(S[C@H](C)C(=O)Nc2cc(Cl)ccc2C)[nH]c1=O. The molecular formula is C23H24ClN5O3S. The molecule has 1 heterocycles. The lowest BCUT2D eigenvalue weighted by Gasteiger charge is -2.14. The van der Waals surface area contributed by atoms with Crippen molar-refractivity contribution in [1.29, 1.82) is 0 Å². The fraction of sp³-hybridized carbons (Fsp3) is 0.261. The molecule has 0 saturated carbocycles. The van der Waals surface area contributed by atoms with E-state index in [9.17, 15) is 14.4 Å². The maximum atomic E-state index is 12.8. The van der Waals surface area contributed by atoms with Gasteiger partial charge in [0.1, 0.15) is 0 Å². The second kappa shape index (κ2) is 10.2. The zero-order chi connectivity index (χ0) is 24.3. The van der Waals surface area contributed by atoms with Gasteiger partial charge in [0.05, 0.1) is 10.9 Å². The molecule has 0 unspecified atom stereocenters. The van der Waals surface area contributed by atoms with Gasteiger partial charge in [0, 0.05) is 23.2 Å². The Kier molecular flexibility index (Phi) is 7.55. The van der Waals surface area contributed by atoms with Gasteiger partial charge in [-0.15, -0.1) is 10.2 Å². The highest BCUT2D eigenvalue weighted by molar-refractivity contribution is 8.00. The van der Waals surface area contributed by atoms with E-state index in [2.05, 4.69) is 25.8 Å². The normalized spacial score (nSPS) is 11.7. The average Bonchev–Trinajstić information content (AvgIpc) is 2.72. The first kappa shape index (κ1) is 24.5. The first-order chi connectivity index (χ1) is 15.5. The number of halogens is 1. The van der Waals surface area contributed by atoms with E-state index in [1.54, 1.807) is 25.1 Å². The molecule has 0 aliphatic rings. The molecule has 0 saturated heterocycles. The number of aryl methyl sites for hydroxylation is 3. The minimum absolute atomic E-state index is 0.0848. The highest BCUT2D eigenvalue weighted by Gasteiger charge is 2.20. The first-order valence-corrected chi connectivity index (χ1v) is 11.4. The Morgan fingerprint density at radius 3 is 2.45 bits per heavy atom. The molecule has 0 spiro atoms. The molecule has 0 aliphatic carbocycles. The second-order valence-electron chi connectivity index (χ2n) is 7.70. The summed E-state index contributed by atoms with van der Waals surface area (Å²) in [6.45, 7) is 8.70. The van der Waals surface area contributed by atoms with Crippen molar-refractivity contribution in [2.45, 2.75) is 45.0 Å². The number of nitrogens with zero attached hydrogens (tertiary/aromatic N) is 2. The molecule has 172 valence electrons. The summed E-state index contributed by atoms with van der Waals surface area (Å²) >= 11 is 7.09. The van der Waals surface area contributed by atoms with Crippen LogP contribution in [0.4, 0.5) is 11.4 Å². The van der Waals surface area contributed by atoms with Crippen LogP contribution in [0.5, 0.6) is 0 Å². The van der Waals surface area contributed by atoms with Crippen LogP contribution in [0.15, 0.2) is 40.3 Å². The number of thioether (sulfide) groups is 1. The molecule has 3 N–H and O–H groups in total. The van der Waals surface area contributed by atoms with Crippen LogP contribution in [0.2, 0.25) is 5.02 Å². The lowest BCUT2D eigenvalue weighted by molar-refractivity contribution is -0.115. The zero-order valence-electron chi connectivity index (χ0n) is 18.9. The van der Waals surface area contributed by atoms with Crippen molar-refractivity contribution < 1.29 is 9.59 Å². The Bertz CT molecular complexity index is 1290. The number of rotatable bonds is 6. The number of aromatic nitrogens is 3. The van der Waals surface area contributed by atoms with Crippen molar-refractivity contribution in [2.75, 3.05) is 10.6 Å². The average molecular weight is 486 g/mol. The standard InChI is InChI=1S/C23H24ClN5O3S/c1-11-8-13(3)19(25-15(5)30)17(9-11)20-22(32)27-23(29-28-20)33-14(4)21(31)26-18-10-16(24)7-6-12(18)2/h6-10,14H,1-5H3,(H,25,30)(H,26,31)(H,27,29,32)/t14-/m1/s1. The molecule has 0 bridgehead atoms. The fourth-order valence-corrected chi connectivity index (χ4v) is 4.14. The summed E-state index contributed by atoms with van der Waals surface area (Å²) in [5, 5.41) is 14.0. The van der Waals surface area contributed by atoms with Crippen LogP contribution in [0.25, 0.3) is 11.3 Å². The summed E-state index contributed by atoms with van der Waals surface area (Å²) in [6.07, 6.45) is 0. The number of benzene rings is 2. The molecule has 10 heteroatoms. The highest BCUT2D eigenvalue weighted by atomic mass is 35.5. The number of carbonyl (C=O) groups is 2. The topological polar surface area (TPSA) is 117 Å². The number of H-pyrrole nitrogens is 1. The van der Waals surface area contributed by atoms with Crippen molar-refractivity contribution >= 4 is 46.6 Å². The molecule has 3 aromatic rings. The Balaban J connectivity index is 1.83. The molecule has 1 aromatic heterocycles. The molecule has 0 radical (unpaired) electrons. The van der Waals surface area contributed by atoms with Crippen LogP contribution < -0.4 is 16.2 Å². The Hall–Kier alpha value is -3.17. The molecule has 2 aromatic carbocycles. The molecule has 33 heavy (non-hydrogen) atoms. The molecule has 0 aliphatic heterocycles. The minimum Gasteiger partial charge on any atom is -0.325 e. The van der Waals surface area contributed by atoms with Gasteiger partial charge in [0.15, 0.2) is 10.9 Å². The lowest BCUT2D eigenvalue weighted by Crippen LogP contribution is -2.24. The third-order valence-corrected chi connectivity index (χ3v) is 6.04. The van der Waals surface area contributed by atoms with Crippen molar-refractivity contribution in [3.8, 4) is 11.3 Å². The number of hydrogen-bond acceptors (Lipinski definition) is 6. The van der Waals surface area contributed by atoms with Crippen LogP contribution in [0.3, 0.4) is 0 Å². The maximum absolute atomic E-state index is 12.8. The van der Waals surface area contributed by atoms with Gasteiger partial charge in [-0.2, -0.15) is 0 Å². The van der Waals surface area contributed by atoms with Crippen LogP contribution in [-0.2, 0) is 9.59 Å². The summed E-state index contributed by atoms with van der Waals surface area (Å²) in [5.41, 5.74) is 3.83. The Morgan fingerprint density at radius 2 is 1.79 bits per heavy atom. The van der Waals surface area contributed by atoms with Crippen LogP contribution in [-0.4, -0.2) is 32.2 Å². The number of carbonyl (C=O) groups excluding carboxylic acids is 2. The van der Waals surface area contributed by atoms with Gasteiger partial charge < -0.3 is 10.6 Å². The van der Waals surface area contributed by atoms with Crippen LogP contribution >= 0.6 is 23.4 Å². The number of nitrogens with one attached hydrogen (secondary N) is 3. The second-order valence-corrected chi connectivity index (χ2v) is 9.47. The molecular weight excluding hydrogens is 462 g/mol. The fourth-order valence-electron chi connectivity index (χ4n) is 3.23. The summed E-state index contributed by atoms with van der Waals surface area (Å²) in [5.74, 6) is -0.520. The molecule has 0 fully saturated rings. The quantitative estimate of drug-likeness (QED) is 0.443. The summed E-state index contributed by atoms with van der Waals surface area (Å²) < 4.78 is 0. The van der Waals surface area contributed by atoms with Gasteiger partial charge in [-0.05, 0) is 57.0 Å². The van der Waals surface area contributed by atoms with Gasteiger partial charge >= 0.3 is 0 Å². The highest BCUT2D eigenvalue weighted by Crippen LogP contribution is 2.30. The van der Waals surface area contributed by atoms with Crippen molar-refractivity contribution in [3.05, 3.63) is 62.4 Å². The van der Waals surface area contributed by atoms with Gasteiger partial charge in [-0.25, -0.2) is 0 Å². The predicted octanol–water partition coefficient (Wildman–Crippen LogP) is 4.49.